The molecule has 7 heteroatoms. The van der Waals surface area contributed by atoms with Crippen LogP contribution in [0.25, 0.3) is 11.5 Å². The van der Waals surface area contributed by atoms with Crippen LogP contribution >= 0.6 is 11.8 Å². The van der Waals surface area contributed by atoms with E-state index < -0.39 is 0 Å². The molecule has 1 amide bonds. The Bertz CT molecular complexity index is 805. The van der Waals surface area contributed by atoms with Crippen molar-refractivity contribution in [2.45, 2.75) is 11.8 Å². The first kappa shape index (κ1) is 15.2. The molecule has 2 aromatic heterocycles. The highest BCUT2D eigenvalue weighted by Gasteiger charge is 2.13. The maximum absolute atomic E-state index is 12.3. The number of rotatable bonds is 5. The Morgan fingerprint density at radius 3 is 2.96 bits per heavy atom. The molecule has 0 unspecified atom stereocenters. The van der Waals surface area contributed by atoms with E-state index in [0.29, 0.717) is 17.0 Å². The molecule has 0 aliphatic carbocycles. The van der Waals surface area contributed by atoms with Crippen LogP contribution in [0.1, 0.15) is 17.3 Å². The molecule has 0 spiro atoms. The van der Waals surface area contributed by atoms with E-state index in [0.717, 1.165) is 10.6 Å². The summed E-state index contributed by atoms with van der Waals surface area (Å²) in [5.74, 6) is 0.970. The summed E-state index contributed by atoms with van der Waals surface area (Å²) in [5.41, 5.74) is 1.24. The molecule has 0 saturated carbocycles. The molecule has 116 valence electrons. The Morgan fingerprint density at radius 1 is 1.26 bits per heavy atom. The van der Waals surface area contributed by atoms with Crippen molar-refractivity contribution >= 4 is 23.7 Å². The van der Waals surface area contributed by atoms with Gasteiger partial charge in [-0.05, 0) is 36.1 Å². The molecule has 23 heavy (non-hydrogen) atoms. The lowest BCUT2D eigenvalue weighted by Gasteiger charge is -2.03. The first-order valence-electron chi connectivity index (χ1n) is 7.04. The van der Waals surface area contributed by atoms with Gasteiger partial charge in [-0.25, -0.2) is 0 Å². The highest BCUT2D eigenvalue weighted by molar-refractivity contribution is 7.99. The number of carbonyl (C=O) groups is 1. The molecular weight excluding hydrogens is 312 g/mol. The average molecular weight is 326 g/mol. The van der Waals surface area contributed by atoms with Gasteiger partial charge in [0.2, 0.25) is 0 Å². The van der Waals surface area contributed by atoms with Crippen molar-refractivity contribution in [3.05, 3.63) is 54.4 Å². The quantitative estimate of drug-likeness (QED) is 0.723. The van der Waals surface area contributed by atoms with Gasteiger partial charge in [0.15, 0.2) is 0 Å². The van der Waals surface area contributed by atoms with E-state index in [1.165, 1.54) is 0 Å². The van der Waals surface area contributed by atoms with Crippen LogP contribution in [-0.2, 0) is 0 Å². The highest BCUT2D eigenvalue weighted by Crippen LogP contribution is 2.21. The predicted molar refractivity (Wildman–Crippen MR) is 88.3 cm³/mol. The molecule has 0 aliphatic rings. The lowest BCUT2D eigenvalue weighted by atomic mass is 10.2. The summed E-state index contributed by atoms with van der Waals surface area (Å²) in [5, 5.41) is 10.3. The van der Waals surface area contributed by atoms with E-state index in [2.05, 4.69) is 27.4 Å². The number of aromatic nitrogens is 3. The molecule has 0 saturated heterocycles. The van der Waals surface area contributed by atoms with Crippen LogP contribution in [0, 0.1) is 0 Å². The number of nitrogens with zero attached hydrogens (tertiary/aromatic N) is 3. The number of carbonyl (C=O) groups excluding carboxylic acids is 1. The van der Waals surface area contributed by atoms with Crippen LogP contribution in [0.4, 0.5) is 6.01 Å². The van der Waals surface area contributed by atoms with Crippen molar-refractivity contribution in [3.63, 3.8) is 0 Å². The molecule has 3 aromatic rings. The van der Waals surface area contributed by atoms with Crippen LogP contribution in [-0.4, -0.2) is 26.8 Å². The van der Waals surface area contributed by atoms with Crippen LogP contribution in [0.5, 0.6) is 0 Å². The summed E-state index contributed by atoms with van der Waals surface area (Å²) in [6, 6.07) is 11.0. The summed E-state index contributed by atoms with van der Waals surface area (Å²) < 4.78 is 5.44. The van der Waals surface area contributed by atoms with E-state index in [1.54, 1.807) is 42.4 Å². The van der Waals surface area contributed by atoms with E-state index in [4.69, 9.17) is 4.42 Å². The Hall–Kier alpha value is -2.67. The summed E-state index contributed by atoms with van der Waals surface area (Å²) in [7, 11) is 0. The third-order valence-corrected chi connectivity index (χ3v) is 3.84. The molecule has 0 fully saturated rings. The van der Waals surface area contributed by atoms with Crippen molar-refractivity contribution < 1.29 is 9.21 Å². The van der Waals surface area contributed by atoms with Gasteiger partial charge in [-0.3, -0.25) is 15.1 Å². The summed E-state index contributed by atoms with van der Waals surface area (Å²) in [4.78, 5) is 17.3. The first-order valence-corrected chi connectivity index (χ1v) is 8.03. The van der Waals surface area contributed by atoms with E-state index in [1.807, 2.05) is 18.2 Å². The van der Waals surface area contributed by atoms with Crippen molar-refractivity contribution in [2.75, 3.05) is 11.1 Å². The minimum atomic E-state index is -0.287. The van der Waals surface area contributed by atoms with Crippen molar-refractivity contribution in [1.29, 1.82) is 0 Å². The van der Waals surface area contributed by atoms with E-state index >= 15 is 0 Å². The molecule has 3 rings (SSSR count). The summed E-state index contributed by atoms with van der Waals surface area (Å²) >= 11 is 1.68. The normalized spacial score (nSPS) is 10.5. The van der Waals surface area contributed by atoms with E-state index in [9.17, 15) is 4.79 Å². The number of pyridine rings is 1. The molecule has 6 nitrogen and oxygen atoms in total. The lowest BCUT2D eigenvalue weighted by molar-refractivity contribution is 0.102. The first-order chi connectivity index (χ1) is 11.3. The second kappa shape index (κ2) is 7.06. The van der Waals surface area contributed by atoms with Gasteiger partial charge in [-0.2, -0.15) is 0 Å². The Kier molecular flexibility index (Phi) is 4.68. The van der Waals surface area contributed by atoms with Gasteiger partial charge >= 0.3 is 6.01 Å². The maximum atomic E-state index is 12.3. The van der Waals surface area contributed by atoms with Crippen molar-refractivity contribution in [2.24, 2.45) is 0 Å². The maximum Gasteiger partial charge on any atom is 0.322 e. The van der Waals surface area contributed by atoms with E-state index in [-0.39, 0.29) is 11.9 Å². The smallest absolute Gasteiger partial charge is 0.322 e. The summed E-state index contributed by atoms with van der Waals surface area (Å²) in [6.45, 7) is 2.07. The van der Waals surface area contributed by atoms with Crippen LogP contribution in [0.2, 0.25) is 0 Å². The minimum Gasteiger partial charge on any atom is -0.403 e. The van der Waals surface area contributed by atoms with Gasteiger partial charge < -0.3 is 4.42 Å². The number of benzene rings is 1. The molecule has 0 radical (unpaired) electrons. The molecule has 0 aliphatic heterocycles. The van der Waals surface area contributed by atoms with Gasteiger partial charge in [-0.1, -0.05) is 18.1 Å². The zero-order chi connectivity index (χ0) is 16.1. The molecule has 1 N–H and O–H groups in total. The SMILES string of the molecule is CCSc1cccc(C(=O)Nc2nnc(-c3cccnc3)o2)c1. The fourth-order valence-electron chi connectivity index (χ4n) is 1.94. The topological polar surface area (TPSA) is 80.9 Å². The average Bonchev–Trinajstić information content (AvgIpc) is 3.05. The van der Waals surface area contributed by atoms with Gasteiger partial charge in [0.25, 0.3) is 11.8 Å². The fraction of sp³-hybridized carbons (Fsp3) is 0.125. The molecule has 0 bridgehead atoms. The van der Waals surface area contributed by atoms with Crippen LogP contribution in [0.3, 0.4) is 0 Å². The number of hydrogen-bond acceptors (Lipinski definition) is 6. The zero-order valence-electron chi connectivity index (χ0n) is 12.4. The molecule has 2 heterocycles. The lowest BCUT2D eigenvalue weighted by Crippen LogP contribution is -2.12. The third-order valence-electron chi connectivity index (χ3n) is 2.96. The number of anilines is 1. The molecular formula is C16H14N4O2S. The van der Waals surface area contributed by atoms with Crippen molar-refractivity contribution in [1.82, 2.24) is 15.2 Å². The third kappa shape index (κ3) is 3.75. The fourth-order valence-corrected chi connectivity index (χ4v) is 2.66. The standard InChI is InChI=1S/C16H14N4O2S/c1-2-23-13-7-3-5-11(9-13)14(21)18-16-20-19-15(22-16)12-6-4-8-17-10-12/h3-10H,2H2,1H3,(H,18,20,21). The molecule has 0 atom stereocenters. The minimum absolute atomic E-state index is 0.0578. The van der Waals surface area contributed by atoms with Gasteiger partial charge in [0.05, 0.1) is 5.56 Å². The Balaban J connectivity index is 1.73. The second-order valence-corrected chi connectivity index (χ2v) is 5.91. The number of amides is 1. The Labute approximate surface area is 137 Å². The largest absolute Gasteiger partial charge is 0.403 e. The van der Waals surface area contributed by atoms with Gasteiger partial charge in [0, 0.05) is 22.9 Å². The van der Waals surface area contributed by atoms with Crippen LogP contribution < -0.4 is 5.32 Å². The van der Waals surface area contributed by atoms with Gasteiger partial charge in [0.1, 0.15) is 0 Å². The number of nitrogens with one attached hydrogen (secondary N) is 1. The second-order valence-electron chi connectivity index (χ2n) is 4.57. The predicted octanol–water partition coefficient (Wildman–Crippen LogP) is 3.50. The van der Waals surface area contributed by atoms with Gasteiger partial charge in [-0.15, -0.1) is 16.9 Å². The van der Waals surface area contributed by atoms with Crippen LogP contribution in [0.15, 0.2) is 58.1 Å². The number of thioether (sulfide) groups is 1. The molecule has 1 aromatic carbocycles. The highest BCUT2D eigenvalue weighted by atomic mass is 32.2. The number of hydrogen-bond donors (Lipinski definition) is 1. The zero-order valence-corrected chi connectivity index (χ0v) is 13.2. The summed E-state index contributed by atoms with van der Waals surface area (Å²) in [6.07, 6.45) is 3.27. The van der Waals surface area contributed by atoms with Crippen molar-refractivity contribution in [3.8, 4) is 11.5 Å². The Morgan fingerprint density at radius 2 is 2.17 bits per heavy atom. The monoisotopic (exact) mass is 326 g/mol.